The zero-order valence-electron chi connectivity index (χ0n) is 10.5. The third kappa shape index (κ3) is 2.72. The lowest BCUT2D eigenvalue weighted by molar-refractivity contribution is -0.139. The van der Waals surface area contributed by atoms with E-state index in [9.17, 15) is 9.59 Å². The molecule has 3 rings (SSSR count). The van der Waals surface area contributed by atoms with Crippen LogP contribution in [0.25, 0.3) is 10.2 Å². The molecule has 3 N–H and O–H groups in total. The molecule has 0 aliphatic heterocycles. The van der Waals surface area contributed by atoms with Gasteiger partial charge in [0.1, 0.15) is 6.04 Å². The number of hydrogen-bond acceptors (Lipinski definition) is 4. The Balaban J connectivity index is 1.67. The Morgan fingerprint density at radius 1 is 1.35 bits per heavy atom. The van der Waals surface area contributed by atoms with Crippen LogP contribution in [0.5, 0.6) is 0 Å². The molecular formula is C13H13N3O3S. The van der Waals surface area contributed by atoms with Crippen LogP contribution in [0.15, 0.2) is 24.3 Å². The number of carbonyl (C=O) groups excluding carboxylic acids is 1. The van der Waals surface area contributed by atoms with E-state index in [1.54, 1.807) is 0 Å². The van der Waals surface area contributed by atoms with Gasteiger partial charge in [0.15, 0.2) is 5.13 Å². The molecule has 1 fully saturated rings. The molecule has 1 aliphatic rings. The van der Waals surface area contributed by atoms with Crippen LogP contribution in [0.3, 0.4) is 0 Å². The maximum absolute atomic E-state index is 11.8. The number of carboxylic acid groups (broad SMARTS) is 1. The molecule has 0 spiro atoms. The van der Waals surface area contributed by atoms with E-state index in [2.05, 4.69) is 15.6 Å². The van der Waals surface area contributed by atoms with Crippen molar-refractivity contribution in [3.05, 3.63) is 24.3 Å². The quantitative estimate of drug-likeness (QED) is 0.806. The number of anilines is 1. The average molecular weight is 291 g/mol. The predicted molar refractivity (Wildman–Crippen MR) is 75.9 cm³/mol. The number of rotatable bonds is 4. The maximum Gasteiger partial charge on any atom is 0.326 e. The van der Waals surface area contributed by atoms with Gasteiger partial charge in [-0.3, -0.25) is 5.32 Å². The van der Waals surface area contributed by atoms with Gasteiger partial charge in [-0.1, -0.05) is 23.5 Å². The lowest BCUT2D eigenvalue weighted by Gasteiger charge is -2.13. The van der Waals surface area contributed by atoms with Gasteiger partial charge in [-0.05, 0) is 30.9 Å². The normalized spacial score (nSPS) is 15.8. The molecule has 1 heterocycles. The van der Waals surface area contributed by atoms with Crippen LogP contribution in [0.1, 0.15) is 12.8 Å². The van der Waals surface area contributed by atoms with E-state index < -0.39 is 18.0 Å². The summed E-state index contributed by atoms with van der Waals surface area (Å²) in [5.41, 5.74) is 0.810. The molecular weight excluding hydrogens is 278 g/mol. The fourth-order valence-corrected chi connectivity index (χ4v) is 2.87. The number of urea groups is 1. The Labute approximate surface area is 118 Å². The number of benzene rings is 1. The van der Waals surface area contributed by atoms with Crippen molar-refractivity contribution in [2.24, 2.45) is 5.92 Å². The zero-order valence-corrected chi connectivity index (χ0v) is 11.3. The first-order valence-corrected chi connectivity index (χ1v) is 7.11. The smallest absolute Gasteiger partial charge is 0.326 e. The summed E-state index contributed by atoms with van der Waals surface area (Å²) in [6, 6.07) is 6.21. The molecule has 2 amide bonds. The minimum absolute atomic E-state index is 0.0496. The fourth-order valence-electron chi connectivity index (χ4n) is 2.01. The first-order valence-electron chi connectivity index (χ1n) is 6.29. The summed E-state index contributed by atoms with van der Waals surface area (Å²) in [4.78, 5) is 27.1. The van der Waals surface area contributed by atoms with Gasteiger partial charge in [-0.2, -0.15) is 0 Å². The van der Waals surface area contributed by atoms with E-state index in [4.69, 9.17) is 5.11 Å². The van der Waals surface area contributed by atoms with Crippen LogP contribution in [-0.4, -0.2) is 28.1 Å². The molecule has 20 heavy (non-hydrogen) atoms. The molecule has 2 aromatic rings. The van der Waals surface area contributed by atoms with Crippen molar-refractivity contribution in [2.75, 3.05) is 5.32 Å². The topological polar surface area (TPSA) is 91.3 Å². The van der Waals surface area contributed by atoms with Crippen LogP contribution < -0.4 is 10.6 Å². The van der Waals surface area contributed by atoms with Crippen molar-refractivity contribution in [1.82, 2.24) is 10.3 Å². The molecule has 0 radical (unpaired) electrons. The highest BCUT2D eigenvalue weighted by atomic mass is 32.1. The number of fused-ring (bicyclic) bond motifs is 1. The van der Waals surface area contributed by atoms with Gasteiger partial charge in [0.2, 0.25) is 0 Å². The van der Waals surface area contributed by atoms with Crippen LogP contribution in [-0.2, 0) is 4.79 Å². The highest BCUT2D eigenvalue weighted by molar-refractivity contribution is 7.22. The Morgan fingerprint density at radius 3 is 2.75 bits per heavy atom. The van der Waals surface area contributed by atoms with E-state index in [0.717, 1.165) is 23.1 Å². The monoisotopic (exact) mass is 291 g/mol. The van der Waals surface area contributed by atoms with Crippen molar-refractivity contribution in [1.29, 1.82) is 0 Å². The largest absolute Gasteiger partial charge is 0.480 e. The number of aliphatic carboxylic acids is 1. The van der Waals surface area contributed by atoms with Gasteiger partial charge in [-0.25, -0.2) is 14.6 Å². The number of nitrogens with zero attached hydrogens (tertiary/aromatic N) is 1. The third-order valence-electron chi connectivity index (χ3n) is 3.16. The SMILES string of the molecule is O=C(Nc1nc2ccccc2s1)NC(C(=O)O)C1CC1. The van der Waals surface area contributed by atoms with Crippen molar-refractivity contribution < 1.29 is 14.7 Å². The number of amides is 2. The van der Waals surface area contributed by atoms with Gasteiger partial charge in [0, 0.05) is 0 Å². The molecule has 1 saturated carbocycles. The van der Waals surface area contributed by atoms with Gasteiger partial charge >= 0.3 is 12.0 Å². The fraction of sp³-hybridized carbons (Fsp3) is 0.308. The Kier molecular flexibility index (Phi) is 3.27. The minimum atomic E-state index is -0.994. The molecule has 104 valence electrons. The lowest BCUT2D eigenvalue weighted by Crippen LogP contribution is -2.44. The van der Waals surface area contributed by atoms with Crippen molar-refractivity contribution in [3.8, 4) is 0 Å². The number of thiazole rings is 1. The molecule has 0 bridgehead atoms. The number of hydrogen-bond donors (Lipinski definition) is 3. The molecule has 7 heteroatoms. The van der Waals surface area contributed by atoms with Gasteiger partial charge in [0.05, 0.1) is 10.2 Å². The van der Waals surface area contributed by atoms with Gasteiger partial charge in [-0.15, -0.1) is 0 Å². The van der Waals surface area contributed by atoms with Gasteiger partial charge in [0.25, 0.3) is 0 Å². The second kappa shape index (κ2) is 5.09. The van der Waals surface area contributed by atoms with E-state index >= 15 is 0 Å². The molecule has 6 nitrogen and oxygen atoms in total. The van der Waals surface area contributed by atoms with E-state index in [0.29, 0.717) is 5.13 Å². The summed E-state index contributed by atoms with van der Waals surface area (Å²) in [6.45, 7) is 0. The number of para-hydroxylation sites is 1. The summed E-state index contributed by atoms with van der Waals surface area (Å²) in [5.74, 6) is -0.944. The highest BCUT2D eigenvalue weighted by Gasteiger charge is 2.37. The van der Waals surface area contributed by atoms with E-state index in [1.807, 2.05) is 24.3 Å². The molecule has 1 atom stereocenters. The number of nitrogens with one attached hydrogen (secondary N) is 2. The van der Waals surface area contributed by atoms with Gasteiger partial charge < -0.3 is 10.4 Å². The highest BCUT2D eigenvalue weighted by Crippen LogP contribution is 2.33. The van der Waals surface area contributed by atoms with Crippen LogP contribution in [0.2, 0.25) is 0 Å². The number of carboxylic acids is 1. The zero-order chi connectivity index (χ0) is 14.1. The summed E-state index contributed by atoms with van der Waals surface area (Å²) < 4.78 is 0.972. The number of carbonyl (C=O) groups is 2. The third-order valence-corrected chi connectivity index (χ3v) is 4.11. The van der Waals surface area contributed by atoms with E-state index in [-0.39, 0.29) is 5.92 Å². The van der Waals surface area contributed by atoms with Crippen LogP contribution >= 0.6 is 11.3 Å². The Hall–Kier alpha value is -2.15. The molecule has 1 aliphatic carbocycles. The molecule has 1 aromatic heterocycles. The number of aromatic nitrogens is 1. The van der Waals surface area contributed by atoms with Crippen molar-refractivity contribution in [3.63, 3.8) is 0 Å². The Morgan fingerprint density at radius 2 is 2.10 bits per heavy atom. The second-order valence-electron chi connectivity index (χ2n) is 4.74. The first-order chi connectivity index (χ1) is 9.63. The minimum Gasteiger partial charge on any atom is -0.480 e. The van der Waals surface area contributed by atoms with Crippen LogP contribution in [0, 0.1) is 5.92 Å². The molecule has 1 unspecified atom stereocenters. The predicted octanol–water partition coefficient (Wildman–Crippen LogP) is 2.28. The van der Waals surface area contributed by atoms with E-state index in [1.165, 1.54) is 11.3 Å². The lowest BCUT2D eigenvalue weighted by atomic mass is 10.2. The second-order valence-corrected chi connectivity index (χ2v) is 5.77. The first kappa shape index (κ1) is 12.9. The average Bonchev–Trinajstić information content (AvgIpc) is 3.15. The standard InChI is InChI=1S/C13H13N3O3S/c17-11(18)10(7-5-6-7)15-12(19)16-13-14-8-3-1-2-4-9(8)20-13/h1-4,7,10H,5-6H2,(H,17,18)(H2,14,15,16,19). The summed E-state index contributed by atoms with van der Waals surface area (Å²) in [7, 11) is 0. The summed E-state index contributed by atoms with van der Waals surface area (Å²) in [6.07, 6.45) is 1.69. The molecule has 1 aromatic carbocycles. The van der Waals surface area contributed by atoms with Crippen LogP contribution in [0.4, 0.5) is 9.93 Å². The summed E-state index contributed by atoms with van der Waals surface area (Å²) in [5, 5.41) is 14.6. The summed E-state index contributed by atoms with van der Waals surface area (Å²) >= 11 is 1.35. The van der Waals surface area contributed by atoms with Crippen molar-refractivity contribution >= 4 is 38.7 Å². The molecule has 0 saturated heterocycles. The van der Waals surface area contributed by atoms with Crippen molar-refractivity contribution in [2.45, 2.75) is 18.9 Å². The Bertz CT molecular complexity index is 633. The maximum atomic E-state index is 11.8.